The number of aromatic nitrogens is 2. The normalized spacial score (nSPS) is 15.5. The van der Waals surface area contributed by atoms with Crippen LogP contribution in [-0.2, 0) is 11.3 Å². The quantitative estimate of drug-likeness (QED) is 0.473. The van der Waals surface area contributed by atoms with E-state index in [2.05, 4.69) is 15.3 Å². The summed E-state index contributed by atoms with van der Waals surface area (Å²) in [6.45, 7) is 5.07. The van der Waals surface area contributed by atoms with Gasteiger partial charge in [0.25, 0.3) is 0 Å². The highest BCUT2D eigenvalue weighted by Crippen LogP contribution is 2.28. The van der Waals surface area contributed by atoms with Crippen LogP contribution in [0.2, 0.25) is 0 Å². The highest BCUT2D eigenvalue weighted by Gasteiger charge is 2.24. The molecule has 1 aliphatic rings. The van der Waals surface area contributed by atoms with Gasteiger partial charge in [0, 0.05) is 25.8 Å². The summed E-state index contributed by atoms with van der Waals surface area (Å²) in [6, 6.07) is 12.8. The minimum absolute atomic E-state index is 0.195. The second-order valence-corrected chi connectivity index (χ2v) is 8.27. The van der Waals surface area contributed by atoms with Crippen molar-refractivity contribution in [1.82, 2.24) is 14.7 Å². The van der Waals surface area contributed by atoms with E-state index >= 15 is 0 Å². The molecule has 3 aromatic rings. The molecule has 0 aliphatic carbocycles. The Labute approximate surface area is 203 Å². The van der Waals surface area contributed by atoms with Gasteiger partial charge in [-0.3, -0.25) is 5.32 Å². The zero-order chi connectivity index (χ0) is 25.4. The lowest BCUT2D eigenvalue weighted by atomic mass is 9.98. The molecule has 1 atom stereocenters. The smallest absolute Gasteiger partial charge is 0.317 e. The molecule has 4 rings (SSSR count). The predicted octanol–water partition coefficient (Wildman–Crippen LogP) is 3.56. The number of nitrogens with zero attached hydrogens (tertiary/aromatic N) is 3. The van der Waals surface area contributed by atoms with Crippen LogP contribution in [0.25, 0.3) is 5.69 Å². The minimum Gasteiger partial charge on any atom is -0.390 e. The highest BCUT2D eigenvalue weighted by molar-refractivity contribution is 5.88. The Hall–Kier alpha value is -3.34. The fourth-order valence-electron chi connectivity index (χ4n) is 4.01. The number of hydrogen-bond donors (Lipinski definition) is 3. The van der Waals surface area contributed by atoms with Gasteiger partial charge in [0.1, 0.15) is 5.82 Å². The van der Waals surface area contributed by atoms with Gasteiger partial charge in [-0.15, -0.1) is 0 Å². The molecule has 0 spiro atoms. The Bertz CT molecular complexity index is 1120. The van der Waals surface area contributed by atoms with Crippen molar-refractivity contribution in [2.24, 2.45) is 5.73 Å². The van der Waals surface area contributed by atoms with Crippen LogP contribution in [-0.4, -0.2) is 59.2 Å². The van der Waals surface area contributed by atoms with Crippen LogP contribution in [0.5, 0.6) is 0 Å². The number of nitrogens with one attached hydrogen (secondary N) is 1. The third-order valence-corrected chi connectivity index (χ3v) is 5.91. The monoisotopic (exact) mass is 487 g/mol. The number of carbonyl (C=O) groups excluding carboxylic acids is 1. The number of likely N-dealkylation sites (tertiary alicyclic amines) is 1. The van der Waals surface area contributed by atoms with E-state index in [0.717, 1.165) is 37.3 Å². The second-order valence-electron chi connectivity index (χ2n) is 8.27. The van der Waals surface area contributed by atoms with Crippen LogP contribution >= 0.6 is 0 Å². The topological polar surface area (TPSA) is 106 Å². The first-order valence-electron chi connectivity index (χ1n) is 11.3. The Morgan fingerprint density at radius 3 is 2.60 bits per heavy atom. The summed E-state index contributed by atoms with van der Waals surface area (Å²) in [5, 5.41) is 16.0. The SMILES string of the molecule is COCCN1CCC(c2ccc(F)c(F)c2)C1.Cc1c(CO)nn(-c2ccccc2)c1NC(N)=O. The van der Waals surface area contributed by atoms with Gasteiger partial charge < -0.3 is 20.5 Å². The fraction of sp³-hybridized carbons (Fsp3) is 0.360. The lowest BCUT2D eigenvalue weighted by molar-refractivity contribution is 0.160. The number of benzene rings is 2. The molecule has 2 amide bonds. The number of nitrogens with two attached hydrogens (primary N) is 1. The van der Waals surface area contributed by atoms with E-state index in [1.165, 1.54) is 12.1 Å². The number of ether oxygens (including phenoxy) is 1. The van der Waals surface area contributed by atoms with Crippen molar-refractivity contribution >= 4 is 11.8 Å². The number of urea groups is 1. The van der Waals surface area contributed by atoms with Gasteiger partial charge >= 0.3 is 6.03 Å². The summed E-state index contributed by atoms with van der Waals surface area (Å²) in [4.78, 5) is 13.3. The first kappa shape index (κ1) is 26.3. The average Bonchev–Trinajstić information content (AvgIpc) is 3.45. The van der Waals surface area contributed by atoms with E-state index in [9.17, 15) is 18.7 Å². The van der Waals surface area contributed by atoms with Crippen molar-refractivity contribution in [3.63, 3.8) is 0 Å². The number of aliphatic hydroxyl groups excluding tert-OH is 1. The molecule has 1 unspecified atom stereocenters. The Balaban J connectivity index is 0.000000196. The first-order chi connectivity index (χ1) is 16.8. The number of aliphatic hydroxyl groups is 1. The molecule has 1 fully saturated rings. The molecule has 1 aromatic heterocycles. The van der Waals surface area contributed by atoms with E-state index in [1.807, 2.05) is 30.3 Å². The summed E-state index contributed by atoms with van der Waals surface area (Å²) in [5.74, 6) is -0.750. The molecule has 1 saturated heterocycles. The second kappa shape index (κ2) is 12.4. The van der Waals surface area contributed by atoms with Gasteiger partial charge in [0.2, 0.25) is 0 Å². The maximum Gasteiger partial charge on any atom is 0.317 e. The number of anilines is 1. The van der Waals surface area contributed by atoms with Crippen LogP contribution in [0.1, 0.15) is 29.2 Å². The average molecular weight is 488 g/mol. The summed E-state index contributed by atoms with van der Waals surface area (Å²) >= 11 is 0. The highest BCUT2D eigenvalue weighted by atomic mass is 19.2. The summed E-state index contributed by atoms with van der Waals surface area (Å²) in [7, 11) is 1.68. The molecule has 2 heterocycles. The number of carbonyl (C=O) groups is 1. The third-order valence-electron chi connectivity index (χ3n) is 5.91. The first-order valence-corrected chi connectivity index (χ1v) is 11.3. The van der Waals surface area contributed by atoms with Gasteiger partial charge in [0.15, 0.2) is 11.6 Å². The molecule has 1 aliphatic heterocycles. The van der Waals surface area contributed by atoms with Crippen molar-refractivity contribution < 1.29 is 23.4 Å². The van der Waals surface area contributed by atoms with Crippen LogP contribution < -0.4 is 11.1 Å². The maximum atomic E-state index is 13.1. The van der Waals surface area contributed by atoms with Crippen LogP contribution in [0, 0.1) is 18.6 Å². The summed E-state index contributed by atoms with van der Waals surface area (Å²) < 4.78 is 32.5. The third kappa shape index (κ3) is 6.84. The number of rotatable bonds is 7. The zero-order valence-electron chi connectivity index (χ0n) is 19.9. The molecule has 0 bridgehead atoms. The van der Waals surface area contributed by atoms with Gasteiger partial charge in [-0.1, -0.05) is 24.3 Å². The lowest BCUT2D eigenvalue weighted by Crippen LogP contribution is -2.24. The van der Waals surface area contributed by atoms with Gasteiger partial charge in [-0.25, -0.2) is 18.3 Å². The summed E-state index contributed by atoms with van der Waals surface area (Å²) in [5.41, 5.74) is 8.01. The van der Waals surface area contributed by atoms with E-state index in [1.54, 1.807) is 24.8 Å². The largest absolute Gasteiger partial charge is 0.390 e. The van der Waals surface area contributed by atoms with Crippen molar-refractivity contribution in [1.29, 1.82) is 0 Å². The number of methoxy groups -OCH3 is 1. The molecule has 35 heavy (non-hydrogen) atoms. The zero-order valence-corrected chi connectivity index (χ0v) is 19.9. The van der Waals surface area contributed by atoms with Crippen LogP contribution in [0.4, 0.5) is 19.4 Å². The number of amides is 2. The molecule has 2 aromatic carbocycles. The molecular weight excluding hydrogens is 456 g/mol. The van der Waals surface area contributed by atoms with E-state index in [-0.39, 0.29) is 6.61 Å². The minimum atomic E-state index is -0.775. The number of para-hydroxylation sites is 1. The Morgan fingerprint density at radius 2 is 1.97 bits per heavy atom. The van der Waals surface area contributed by atoms with Crippen LogP contribution in [0.15, 0.2) is 48.5 Å². The van der Waals surface area contributed by atoms with E-state index < -0.39 is 17.7 Å². The molecule has 4 N–H and O–H groups in total. The molecule has 188 valence electrons. The van der Waals surface area contributed by atoms with Crippen LogP contribution in [0.3, 0.4) is 0 Å². The van der Waals surface area contributed by atoms with Gasteiger partial charge in [-0.05, 0) is 55.6 Å². The molecule has 0 radical (unpaired) electrons. The molecule has 0 saturated carbocycles. The lowest BCUT2D eigenvalue weighted by Gasteiger charge is -2.15. The van der Waals surface area contributed by atoms with E-state index in [0.29, 0.717) is 29.6 Å². The molecule has 8 nitrogen and oxygen atoms in total. The molecular formula is C25H31F2N5O3. The number of hydrogen-bond acceptors (Lipinski definition) is 5. The van der Waals surface area contributed by atoms with Gasteiger partial charge in [-0.2, -0.15) is 5.10 Å². The predicted molar refractivity (Wildman–Crippen MR) is 129 cm³/mol. The van der Waals surface area contributed by atoms with Crippen molar-refractivity contribution in [3.8, 4) is 5.69 Å². The standard InChI is InChI=1S/C13H17F2NO.C12H14N4O2/c1-17-7-6-16-5-4-11(9-16)10-2-3-12(14)13(15)8-10;1-8-10(7-17)15-16(11(8)14-12(13)18)9-5-3-2-4-6-9/h2-3,8,11H,4-7,9H2,1H3;2-6,17H,7H2,1H3,(H3,13,14,18). The maximum absolute atomic E-state index is 13.1. The van der Waals surface area contributed by atoms with Crippen molar-refractivity contribution in [2.75, 3.05) is 38.7 Å². The summed E-state index contributed by atoms with van der Waals surface area (Å²) in [6.07, 6.45) is 0.995. The molecule has 10 heteroatoms. The Kier molecular flexibility index (Phi) is 9.30. The van der Waals surface area contributed by atoms with Gasteiger partial charge in [0.05, 0.1) is 24.6 Å². The Morgan fingerprint density at radius 1 is 1.23 bits per heavy atom. The van der Waals surface area contributed by atoms with E-state index in [4.69, 9.17) is 10.5 Å². The number of primary amides is 1. The number of halogens is 2. The fourth-order valence-corrected chi connectivity index (χ4v) is 4.01. The van der Waals surface area contributed by atoms with Crippen molar-refractivity contribution in [3.05, 3.63) is 77.0 Å². The van der Waals surface area contributed by atoms with Crippen molar-refractivity contribution in [2.45, 2.75) is 25.9 Å².